The molecule has 11 nitrogen and oxygen atoms in total. The number of hydrogen-bond acceptors (Lipinski definition) is 7. The number of esters is 1. The molecule has 11 heteroatoms. The number of carbonyl (C=O) groups is 2. The smallest absolute Gasteiger partial charge is 0.338 e. The van der Waals surface area contributed by atoms with Gasteiger partial charge < -0.3 is 10.1 Å². The summed E-state index contributed by atoms with van der Waals surface area (Å²) in [4.78, 5) is 34.9. The Hall–Kier alpha value is -4.02. The number of carbonyl (C=O) groups excluding carboxylic acids is 2. The number of hydrogen-bond donors (Lipinski definition) is 1. The number of nitrogens with one attached hydrogen (secondary N) is 1. The SMILES string of the molecule is COC(=O)c1ccccc1Cn1cc(NC(=O)C(C)(C)n2cc([N+](=O)[O-])cn2)cn1. The third-order valence-corrected chi connectivity index (χ3v) is 4.55. The molecule has 0 radical (unpaired) electrons. The zero-order valence-corrected chi connectivity index (χ0v) is 16.6. The molecule has 0 bridgehead atoms. The Morgan fingerprint density at radius 3 is 2.60 bits per heavy atom. The molecule has 3 rings (SSSR count). The fraction of sp³-hybridized carbons (Fsp3) is 0.263. The van der Waals surface area contributed by atoms with Crippen LogP contribution in [0.4, 0.5) is 11.4 Å². The van der Waals surface area contributed by atoms with Crippen LogP contribution in [0.25, 0.3) is 0 Å². The third kappa shape index (κ3) is 4.19. The summed E-state index contributed by atoms with van der Waals surface area (Å²) in [6.07, 6.45) is 5.38. The lowest BCUT2D eigenvalue weighted by molar-refractivity contribution is -0.385. The maximum atomic E-state index is 12.7. The first-order valence-corrected chi connectivity index (χ1v) is 8.92. The number of benzene rings is 1. The van der Waals surface area contributed by atoms with Gasteiger partial charge in [-0.15, -0.1) is 0 Å². The third-order valence-electron chi connectivity index (χ3n) is 4.55. The summed E-state index contributed by atoms with van der Waals surface area (Å²) in [7, 11) is 1.32. The summed E-state index contributed by atoms with van der Waals surface area (Å²) in [5, 5.41) is 21.7. The van der Waals surface area contributed by atoms with E-state index in [0.29, 0.717) is 17.8 Å². The Morgan fingerprint density at radius 1 is 1.20 bits per heavy atom. The van der Waals surface area contributed by atoms with Crippen LogP contribution in [0.3, 0.4) is 0 Å². The van der Waals surface area contributed by atoms with Crippen LogP contribution in [0, 0.1) is 10.1 Å². The number of amides is 1. The van der Waals surface area contributed by atoms with E-state index >= 15 is 0 Å². The monoisotopic (exact) mass is 412 g/mol. The molecule has 1 aromatic carbocycles. The molecule has 0 aliphatic carbocycles. The Kier molecular flexibility index (Phi) is 5.63. The maximum Gasteiger partial charge on any atom is 0.338 e. The van der Waals surface area contributed by atoms with Gasteiger partial charge in [0.1, 0.15) is 17.9 Å². The van der Waals surface area contributed by atoms with Crippen LogP contribution in [-0.2, 0) is 21.6 Å². The predicted molar refractivity (Wildman–Crippen MR) is 106 cm³/mol. The molecule has 0 atom stereocenters. The fourth-order valence-electron chi connectivity index (χ4n) is 2.76. The summed E-state index contributed by atoms with van der Waals surface area (Å²) >= 11 is 0. The van der Waals surface area contributed by atoms with E-state index in [0.717, 1.165) is 11.8 Å². The van der Waals surface area contributed by atoms with Gasteiger partial charge in [-0.25, -0.2) is 4.79 Å². The van der Waals surface area contributed by atoms with Crippen molar-refractivity contribution in [2.24, 2.45) is 0 Å². The van der Waals surface area contributed by atoms with Crippen molar-refractivity contribution >= 4 is 23.3 Å². The molecular weight excluding hydrogens is 392 g/mol. The van der Waals surface area contributed by atoms with E-state index in [-0.39, 0.29) is 5.69 Å². The largest absolute Gasteiger partial charge is 0.465 e. The normalized spacial score (nSPS) is 11.2. The molecule has 0 spiro atoms. The zero-order chi connectivity index (χ0) is 21.9. The molecule has 2 aromatic heterocycles. The van der Waals surface area contributed by atoms with Gasteiger partial charge in [0.05, 0.1) is 36.0 Å². The molecule has 0 saturated heterocycles. The second kappa shape index (κ2) is 8.15. The van der Waals surface area contributed by atoms with Crippen molar-refractivity contribution in [3.05, 3.63) is 70.3 Å². The summed E-state index contributed by atoms with van der Waals surface area (Å²) < 4.78 is 7.60. The van der Waals surface area contributed by atoms with E-state index in [1.54, 1.807) is 49.0 Å². The lowest BCUT2D eigenvalue weighted by atomic mass is 10.1. The predicted octanol–water partition coefficient (Wildman–Crippen LogP) is 2.20. The average Bonchev–Trinajstić information content (AvgIpc) is 3.38. The lowest BCUT2D eigenvalue weighted by Crippen LogP contribution is -2.40. The van der Waals surface area contributed by atoms with Crippen LogP contribution in [-0.4, -0.2) is 43.5 Å². The standard InChI is InChI=1S/C19H20N6O5/c1-19(2,24-12-15(9-21-24)25(28)29)18(27)22-14-8-20-23(11-14)10-13-6-4-5-7-16(13)17(26)30-3/h4-9,11-12H,10H2,1-3H3,(H,22,27). The highest BCUT2D eigenvalue weighted by Gasteiger charge is 2.32. The summed E-state index contributed by atoms with van der Waals surface area (Å²) in [6.45, 7) is 3.49. The van der Waals surface area contributed by atoms with Crippen molar-refractivity contribution in [1.29, 1.82) is 0 Å². The van der Waals surface area contributed by atoms with E-state index in [2.05, 4.69) is 15.5 Å². The van der Waals surface area contributed by atoms with Crippen molar-refractivity contribution in [2.75, 3.05) is 12.4 Å². The van der Waals surface area contributed by atoms with E-state index < -0.39 is 22.3 Å². The van der Waals surface area contributed by atoms with E-state index in [9.17, 15) is 19.7 Å². The van der Waals surface area contributed by atoms with Crippen molar-refractivity contribution < 1.29 is 19.2 Å². The first-order valence-electron chi connectivity index (χ1n) is 8.92. The highest BCUT2D eigenvalue weighted by atomic mass is 16.6. The van der Waals surface area contributed by atoms with Crippen molar-refractivity contribution in [2.45, 2.75) is 25.9 Å². The van der Waals surface area contributed by atoms with Gasteiger partial charge in [0.25, 0.3) is 5.91 Å². The first kappa shape index (κ1) is 20.7. The van der Waals surface area contributed by atoms with Crippen LogP contribution >= 0.6 is 0 Å². The van der Waals surface area contributed by atoms with Gasteiger partial charge in [-0.3, -0.25) is 24.3 Å². The molecular formula is C19H20N6O5. The van der Waals surface area contributed by atoms with Crippen molar-refractivity contribution in [3.63, 3.8) is 0 Å². The van der Waals surface area contributed by atoms with Crippen LogP contribution in [0.2, 0.25) is 0 Å². The maximum absolute atomic E-state index is 12.7. The highest BCUT2D eigenvalue weighted by molar-refractivity contribution is 5.95. The zero-order valence-electron chi connectivity index (χ0n) is 16.6. The molecule has 0 saturated carbocycles. The van der Waals surface area contributed by atoms with Gasteiger partial charge in [-0.2, -0.15) is 10.2 Å². The Morgan fingerprint density at radius 2 is 1.93 bits per heavy atom. The minimum Gasteiger partial charge on any atom is -0.465 e. The molecule has 1 amide bonds. The Labute approximate surface area is 171 Å². The topological polar surface area (TPSA) is 134 Å². The van der Waals surface area contributed by atoms with Crippen molar-refractivity contribution in [3.8, 4) is 0 Å². The number of methoxy groups -OCH3 is 1. The van der Waals surface area contributed by atoms with E-state index in [1.807, 2.05) is 0 Å². The molecule has 0 fully saturated rings. The molecule has 2 heterocycles. The molecule has 156 valence electrons. The van der Waals surface area contributed by atoms with Crippen LogP contribution < -0.4 is 5.32 Å². The fourth-order valence-corrected chi connectivity index (χ4v) is 2.76. The summed E-state index contributed by atoms with van der Waals surface area (Å²) in [6, 6.07) is 7.00. The molecule has 30 heavy (non-hydrogen) atoms. The molecule has 3 aromatic rings. The van der Waals surface area contributed by atoms with Crippen LogP contribution in [0.1, 0.15) is 29.8 Å². The summed E-state index contributed by atoms with van der Waals surface area (Å²) in [5.41, 5.74) is 0.212. The average molecular weight is 412 g/mol. The molecule has 0 aliphatic rings. The number of aromatic nitrogens is 4. The van der Waals surface area contributed by atoms with Crippen LogP contribution in [0.5, 0.6) is 0 Å². The van der Waals surface area contributed by atoms with Gasteiger partial charge in [-0.05, 0) is 25.5 Å². The van der Waals surface area contributed by atoms with E-state index in [4.69, 9.17) is 4.74 Å². The lowest BCUT2D eigenvalue weighted by Gasteiger charge is -2.23. The van der Waals surface area contributed by atoms with Gasteiger partial charge >= 0.3 is 11.7 Å². The quantitative estimate of drug-likeness (QED) is 0.357. The summed E-state index contributed by atoms with van der Waals surface area (Å²) in [5.74, 6) is -0.864. The first-order chi connectivity index (χ1) is 14.2. The number of nitrogens with zero attached hydrogens (tertiary/aromatic N) is 5. The number of rotatable bonds is 7. The van der Waals surface area contributed by atoms with Gasteiger partial charge in [0, 0.05) is 6.20 Å². The van der Waals surface area contributed by atoms with Crippen LogP contribution in [0.15, 0.2) is 49.1 Å². The molecule has 0 aliphatic heterocycles. The number of anilines is 1. The minimum atomic E-state index is -1.17. The van der Waals surface area contributed by atoms with E-state index in [1.165, 1.54) is 24.2 Å². The second-order valence-corrected chi connectivity index (χ2v) is 6.99. The number of ether oxygens (including phenoxy) is 1. The molecule has 0 unspecified atom stereocenters. The second-order valence-electron chi connectivity index (χ2n) is 6.99. The molecule has 1 N–H and O–H groups in total. The number of nitro groups is 1. The Bertz CT molecular complexity index is 1100. The minimum absolute atomic E-state index is 0.201. The van der Waals surface area contributed by atoms with Gasteiger partial charge in [0.2, 0.25) is 0 Å². The van der Waals surface area contributed by atoms with Crippen molar-refractivity contribution in [1.82, 2.24) is 19.6 Å². The highest BCUT2D eigenvalue weighted by Crippen LogP contribution is 2.21. The van der Waals surface area contributed by atoms with Gasteiger partial charge in [0.15, 0.2) is 0 Å². The van der Waals surface area contributed by atoms with Gasteiger partial charge in [-0.1, -0.05) is 18.2 Å². The Balaban J connectivity index is 1.73.